The van der Waals surface area contributed by atoms with Crippen LogP contribution in [-0.2, 0) is 9.53 Å². The van der Waals surface area contributed by atoms with E-state index in [9.17, 15) is 9.59 Å². The molecule has 1 aromatic heterocycles. The van der Waals surface area contributed by atoms with Crippen molar-refractivity contribution in [3.05, 3.63) is 28.4 Å². The number of carbonyl (C=O) groups is 2. The van der Waals surface area contributed by atoms with Crippen LogP contribution in [0, 0.1) is 5.92 Å². The van der Waals surface area contributed by atoms with Crippen molar-refractivity contribution in [1.29, 1.82) is 0 Å². The Labute approximate surface area is 154 Å². The van der Waals surface area contributed by atoms with Gasteiger partial charge in [0.2, 0.25) is 0 Å². The van der Waals surface area contributed by atoms with Gasteiger partial charge in [0.1, 0.15) is 11.3 Å². The van der Waals surface area contributed by atoms with E-state index >= 15 is 0 Å². The smallest absolute Gasteiger partial charge is 0.309 e. The maximum atomic E-state index is 12.8. The van der Waals surface area contributed by atoms with Gasteiger partial charge in [0.05, 0.1) is 25.0 Å². The summed E-state index contributed by atoms with van der Waals surface area (Å²) in [5, 5.41) is 0.812. The maximum absolute atomic E-state index is 12.8. The average Bonchev–Trinajstić information content (AvgIpc) is 3.00. The number of nitrogens with zero attached hydrogens (tertiary/aromatic N) is 1. The lowest BCUT2D eigenvalue weighted by Crippen LogP contribution is -2.40. The van der Waals surface area contributed by atoms with Gasteiger partial charge in [0.15, 0.2) is 4.67 Å². The summed E-state index contributed by atoms with van der Waals surface area (Å²) >= 11 is 3.30. The zero-order valence-corrected chi connectivity index (χ0v) is 15.8. The van der Waals surface area contributed by atoms with Gasteiger partial charge in [-0.1, -0.05) is 0 Å². The highest BCUT2D eigenvalue weighted by molar-refractivity contribution is 9.10. The van der Waals surface area contributed by atoms with E-state index in [0.717, 1.165) is 5.39 Å². The van der Waals surface area contributed by atoms with Crippen LogP contribution in [0.4, 0.5) is 0 Å². The second-order valence-electron chi connectivity index (χ2n) is 5.96. The molecule has 25 heavy (non-hydrogen) atoms. The molecule has 0 N–H and O–H groups in total. The molecule has 2 aromatic rings. The highest BCUT2D eigenvalue weighted by Gasteiger charge is 2.29. The van der Waals surface area contributed by atoms with Crippen molar-refractivity contribution < 1.29 is 23.5 Å². The summed E-state index contributed by atoms with van der Waals surface area (Å²) < 4.78 is 16.6. The van der Waals surface area contributed by atoms with Crippen LogP contribution in [-0.4, -0.2) is 43.6 Å². The van der Waals surface area contributed by atoms with Gasteiger partial charge in [-0.3, -0.25) is 9.59 Å². The summed E-state index contributed by atoms with van der Waals surface area (Å²) in [5.74, 6) is 0.215. The molecule has 1 aliphatic rings. The van der Waals surface area contributed by atoms with Gasteiger partial charge in [-0.15, -0.1) is 0 Å². The van der Waals surface area contributed by atoms with Crippen LogP contribution in [0.25, 0.3) is 11.0 Å². The van der Waals surface area contributed by atoms with Crippen LogP contribution in [0.3, 0.4) is 0 Å². The summed E-state index contributed by atoms with van der Waals surface area (Å²) in [6, 6.07) is 5.26. The first kappa shape index (κ1) is 17.8. The Morgan fingerprint density at radius 3 is 2.64 bits per heavy atom. The molecule has 0 atom stereocenters. The Bertz CT molecular complexity index is 792. The number of hydrogen-bond donors (Lipinski definition) is 0. The van der Waals surface area contributed by atoms with Crippen molar-refractivity contribution >= 4 is 38.8 Å². The van der Waals surface area contributed by atoms with Crippen LogP contribution in [0.15, 0.2) is 27.3 Å². The normalized spacial score (nSPS) is 15.4. The third kappa shape index (κ3) is 3.66. The fourth-order valence-electron chi connectivity index (χ4n) is 3.13. The number of fused-ring (bicyclic) bond motifs is 1. The second-order valence-corrected chi connectivity index (χ2v) is 6.74. The minimum absolute atomic E-state index is 0.0879. The fraction of sp³-hybridized carbons (Fsp3) is 0.444. The van der Waals surface area contributed by atoms with Crippen molar-refractivity contribution in [1.82, 2.24) is 4.90 Å². The first-order chi connectivity index (χ1) is 12.0. The molecular weight excluding hydrogens is 390 g/mol. The zero-order valence-electron chi connectivity index (χ0n) is 14.2. The quantitative estimate of drug-likeness (QED) is 0.721. The minimum Gasteiger partial charge on any atom is -0.496 e. The molecule has 7 heteroatoms. The Balaban J connectivity index is 1.76. The molecule has 1 aliphatic heterocycles. The predicted octanol–water partition coefficient (Wildman–Crippen LogP) is 3.62. The summed E-state index contributed by atoms with van der Waals surface area (Å²) in [5.41, 5.74) is 1.11. The van der Waals surface area contributed by atoms with Gasteiger partial charge < -0.3 is 18.8 Å². The first-order valence-corrected chi connectivity index (χ1v) is 9.05. The highest BCUT2D eigenvalue weighted by Crippen LogP contribution is 2.33. The molecule has 0 unspecified atom stereocenters. The second kappa shape index (κ2) is 7.47. The van der Waals surface area contributed by atoms with Crippen LogP contribution < -0.4 is 4.74 Å². The molecule has 2 heterocycles. The van der Waals surface area contributed by atoms with E-state index < -0.39 is 0 Å². The molecule has 0 radical (unpaired) electrons. The Hall–Kier alpha value is -2.02. The zero-order chi connectivity index (χ0) is 18.0. The number of ether oxygens (including phenoxy) is 2. The van der Waals surface area contributed by atoms with E-state index in [4.69, 9.17) is 13.9 Å². The Kier molecular flexibility index (Phi) is 5.32. The largest absolute Gasteiger partial charge is 0.496 e. The van der Waals surface area contributed by atoms with Gasteiger partial charge in [0.25, 0.3) is 5.91 Å². The number of esters is 1. The molecule has 3 rings (SSSR count). The molecule has 0 spiro atoms. The minimum atomic E-state index is -0.168. The van der Waals surface area contributed by atoms with Crippen LogP contribution in [0.5, 0.6) is 5.75 Å². The van der Waals surface area contributed by atoms with E-state index in [-0.39, 0.29) is 17.8 Å². The van der Waals surface area contributed by atoms with Crippen molar-refractivity contribution in [2.75, 3.05) is 26.8 Å². The summed E-state index contributed by atoms with van der Waals surface area (Å²) in [6.07, 6.45) is 1.24. The van der Waals surface area contributed by atoms with Gasteiger partial charge in [-0.05, 0) is 47.8 Å². The average molecular weight is 410 g/mol. The standard InChI is InChI=1S/C18H20BrNO5/c1-3-24-18(22)11-4-6-20(7-5-11)17(21)12-8-14(23-2)13-10-16(19)25-15(13)9-12/h8-11H,3-7H2,1-2H3. The molecule has 1 aromatic carbocycles. The number of methoxy groups -OCH3 is 1. The summed E-state index contributed by atoms with van der Waals surface area (Å²) in [6.45, 7) is 3.25. The molecule has 1 amide bonds. The molecule has 6 nitrogen and oxygen atoms in total. The monoisotopic (exact) mass is 409 g/mol. The lowest BCUT2D eigenvalue weighted by Gasteiger charge is -2.31. The molecule has 1 fully saturated rings. The van der Waals surface area contributed by atoms with Crippen molar-refractivity contribution in [3.63, 3.8) is 0 Å². The van der Waals surface area contributed by atoms with E-state index in [2.05, 4.69) is 15.9 Å². The number of benzene rings is 1. The van der Waals surface area contributed by atoms with E-state index in [0.29, 0.717) is 54.1 Å². The number of rotatable bonds is 4. The topological polar surface area (TPSA) is 69.0 Å². The predicted molar refractivity (Wildman–Crippen MR) is 95.7 cm³/mol. The number of furan rings is 1. The van der Waals surface area contributed by atoms with Gasteiger partial charge in [0, 0.05) is 24.7 Å². The third-order valence-electron chi connectivity index (χ3n) is 4.44. The Morgan fingerprint density at radius 1 is 1.28 bits per heavy atom. The molecule has 1 saturated heterocycles. The lowest BCUT2D eigenvalue weighted by molar-refractivity contribution is -0.149. The lowest BCUT2D eigenvalue weighted by atomic mass is 9.96. The van der Waals surface area contributed by atoms with E-state index in [1.165, 1.54) is 0 Å². The van der Waals surface area contributed by atoms with Gasteiger partial charge in [-0.25, -0.2) is 0 Å². The first-order valence-electron chi connectivity index (χ1n) is 8.26. The number of halogens is 1. The highest BCUT2D eigenvalue weighted by atomic mass is 79.9. The number of likely N-dealkylation sites (tertiary alicyclic amines) is 1. The number of amides is 1. The van der Waals surface area contributed by atoms with Crippen molar-refractivity contribution in [3.8, 4) is 5.75 Å². The third-order valence-corrected chi connectivity index (χ3v) is 4.83. The van der Waals surface area contributed by atoms with E-state index in [1.807, 2.05) is 6.07 Å². The number of piperidine rings is 1. The number of carbonyl (C=O) groups excluding carboxylic acids is 2. The summed E-state index contributed by atoms with van der Waals surface area (Å²) in [7, 11) is 1.56. The SMILES string of the molecule is CCOC(=O)C1CCN(C(=O)c2cc(OC)c3cc(Br)oc3c2)CC1. The fourth-order valence-corrected chi connectivity index (χ4v) is 3.53. The molecule has 134 valence electrons. The molecule has 0 aliphatic carbocycles. The van der Waals surface area contributed by atoms with Gasteiger partial charge >= 0.3 is 5.97 Å². The Morgan fingerprint density at radius 2 is 2.00 bits per heavy atom. The van der Waals surface area contributed by atoms with Crippen LogP contribution in [0.1, 0.15) is 30.1 Å². The van der Waals surface area contributed by atoms with Crippen LogP contribution >= 0.6 is 15.9 Å². The van der Waals surface area contributed by atoms with Gasteiger partial charge in [-0.2, -0.15) is 0 Å². The molecule has 0 saturated carbocycles. The summed E-state index contributed by atoms with van der Waals surface area (Å²) in [4.78, 5) is 26.4. The number of hydrogen-bond acceptors (Lipinski definition) is 5. The van der Waals surface area contributed by atoms with Crippen molar-refractivity contribution in [2.24, 2.45) is 5.92 Å². The molecule has 0 bridgehead atoms. The van der Waals surface area contributed by atoms with E-state index in [1.54, 1.807) is 31.1 Å². The maximum Gasteiger partial charge on any atom is 0.309 e. The van der Waals surface area contributed by atoms with Crippen molar-refractivity contribution in [2.45, 2.75) is 19.8 Å². The van der Waals surface area contributed by atoms with Crippen LogP contribution in [0.2, 0.25) is 0 Å². The molecular formula is C18H20BrNO5.